The molecule has 36 heteroatoms. The average molecular weight is 2110 g/mol. The van der Waals surface area contributed by atoms with Crippen molar-refractivity contribution in [2.24, 2.45) is 63.6 Å². The number of alkyl carbamates (subject to hydrolysis) is 3. The molecule has 3 aromatic heterocycles. The van der Waals surface area contributed by atoms with Gasteiger partial charge in [-0.2, -0.15) is 0 Å². The number of carbonyl (C=O) groups excluding carboxylic acids is 9. The van der Waals surface area contributed by atoms with E-state index < -0.39 is 167 Å². The molecule has 9 heterocycles. The van der Waals surface area contributed by atoms with Gasteiger partial charge >= 0.3 is 18.3 Å². The Morgan fingerprint density at radius 1 is 0.406 bits per heavy atom. The summed E-state index contributed by atoms with van der Waals surface area (Å²) in [6, 6.07) is 9.30. The predicted molar refractivity (Wildman–Crippen MR) is 513 cm³/mol. The number of amides is 6. The zero-order valence-corrected chi connectivity index (χ0v) is 89.9. The van der Waals surface area contributed by atoms with Gasteiger partial charge in [-0.15, -0.1) is 0 Å². The number of benzene rings is 3. The van der Waals surface area contributed by atoms with Crippen molar-refractivity contribution in [2.45, 2.75) is 349 Å². The van der Waals surface area contributed by atoms with Gasteiger partial charge in [0, 0.05) is 109 Å². The van der Waals surface area contributed by atoms with Gasteiger partial charge < -0.3 is 87.7 Å². The first-order valence-corrected chi connectivity index (χ1v) is 50.3. The first-order chi connectivity index (χ1) is 66.2. The van der Waals surface area contributed by atoms with Gasteiger partial charge in [0.1, 0.15) is 71.5 Å². The molecular weight excluding hydrogens is 1970 g/mol. The van der Waals surface area contributed by atoms with Crippen LogP contribution >= 0.6 is 0 Å². The van der Waals surface area contributed by atoms with Crippen LogP contribution < -0.4 is 44.4 Å². The van der Waals surface area contributed by atoms with Crippen molar-refractivity contribution < 1.29 is 168 Å². The Balaban J connectivity index is 0.000000203. The minimum atomic E-state index is -3.27. The van der Waals surface area contributed by atoms with Crippen molar-refractivity contribution in [1.82, 2.24) is 45.6 Å². The molecule has 6 aromatic rings. The van der Waals surface area contributed by atoms with E-state index in [4.69, 9.17) is 42.6 Å². The monoisotopic (exact) mass is 2110 g/mol. The molecule has 4 aliphatic carbocycles. The molecule has 781 valence electrons. The first kappa shape index (κ1) is 115. The van der Waals surface area contributed by atoms with Crippen molar-refractivity contribution in [2.75, 3.05) is 41.0 Å². The molecule has 3 saturated heterocycles. The molecule has 20 atom stereocenters. The molecule has 16 rings (SSSR count). The van der Waals surface area contributed by atoms with Crippen molar-refractivity contribution in [1.29, 1.82) is 0 Å². The Morgan fingerprint density at radius 2 is 0.741 bits per heavy atom. The number of alkyl halides is 6. The van der Waals surface area contributed by atoms with Gasteiger partial charge in [-0.05, 0) is 234 Å². The predicted octanol–water partition coefficient (Wildman–Crippen LogP) is 20.1. The van der Waals surface area contributed by atoms with Gasteiger partial charge in [0.2, 0.25) is 35.4 Å². The summed E-state index contributed by atoms with van der Waals surface area (Å²) in [5, 5.41) is 10.2. The second-order valence-electron chi connectivity index (χ2n) is 43.9. The quantitative estimate of drug-likeness (QED) is 0.0688. The summed E-state index contributed by atoms with van der Waals surface area (Å²) in [5.74, 6) is -10.9. The molecule has 6 aliphatic heterocycles. The third-order valence-corrected chi connectivity index (χ3v) is 31.6. The van der Waals surface area contributed by atoms with E-state index in [1.807, 2.05) is 109 Å². The number of nitrogens with one attached hydrogen (secondary N) is 3. The number of pyridine rings is 3. The van der Waals surface area contributed by atoms with E-state index >= 15 is 26.3 Å². The number of rotatable bonds is 9. The summed E-state index contributed by atoms with van der Waals surface area (Å²) < 4.78 is 152. The van der Waals surface area contributed by atoms with Gasteiger partial charge in [-0.1, -0.05) is 140 Å². The summed E-state index contributed by atoms with van der Waals surface area (Å²) in [5.41, 5.74) is -1.41. The maximum absolute atomic E-state index is 16.4. The number of halogens is 6. The fourth-order valence-corrected chi connectivity index (χ4v) is 23.7. The largest absolute Gasteiger partial charge is 0.540 e. The Kier molecular flexibility index (Phi) is 37.1. The maximum atomic E-state index is 16.4. The van der Waals surface area contributed by atoms with Crippen LogP contribution in [0.25, 0.3) is 32.7 Å². The number of hydrogen-bond donors (Lipinski definition) is 3. The molecular formula is C107H140F6N9O18V3-3. The van der Waals surface area contributed by atoms with Gasteiger partial charge in [-0.25, -0.2) is 74.5 Å². The number of carbonyl (C=O) groups is 6. The molecule has 7 fully saturated rings. The molecule has 4 saturated carbocycles. The van der Waals surface area contributed by atoms with Crippen molar-refractivity contribution in [3.05, 3.63) is 88.0 Å². The molecule has 2 unspecified atom stereocenters. The number of aryl methyl sites for hydroxylation is 3. The Hall–Kier alpha value is -8.75. The number of methoxy groups -OCH3 is 3. The standard InChI is InChI=1S/C36H46F2N3O6.C36H48F2N3O6.C35H46F2N3O6.3V/c1-7-22-27(18-42)41-17-29(22)46-32-30(19(2)23-12-11-21(45-6)16-26(23)39-32)36(37,38)13-9-8-10-24-25-14-20(25)15-28(24)47-34(44)40-31(33(41)43)35(3,4)5;1-8-24-27(20-42)41-19-28(24)46-31-29(21(2)25-15-14-23(45-7)18-26(25)39-31)36(37,38)17-10-9-12-22-13-11-16-35(22,6)47-33(44)40-30(32(41)43)34(3,4)5;1-7-23-26(19-41)40-18-28(23)45-31-29(20(2)24-15-14-22(44-6)17-25(24)38-31)35(36,37)16-9-8-11-21-12-10-13-27(21)46-33(43)39-30(32(40)42)34(3,4)5;;;/h11-12,16,20,22,24-25,27-29,31H,7-10,13-15,17H2,1-6H3,(H,40,44);14-15,18,22,24,27-28,30H,8-13,16-17,19H2,1-7H3,(H,40,44);14-15,17,21,23,26-28,30H,7-13,16,18H2,1-6H3,(H,39,43);;;/q3*-1;;;/t20?,22-,24+,25?,27+,28+,29-,31+;22-,24+,27-,28+,30-,35-;21-,23+,26-,27-,28+,30-;;;/m011.../s1. The Labute approximate surface area is 871 Å². The molecule has 3 radical (unpaired) electrons. The fraction of sp³-hybridized carbons (Fsp3) is 0.664. The fourth-order valence-electron chi connectivity index (χ4n) is 23.7. The van der Waals surface area contributed by atoms with Crippen molar-refractivity contribution in [3.63, 3.8) is 0 Å². The average Bonchev–Trinajstić information content (AvgIpc) is 1.32. The number of nitrogens with zero attached hydrogens (tertiary/aromatic N) is 6. The van der Waals surface area contributed by atoms with Crippen molar-refractivity contribution >= 4 is 87.6 Å². The number of ether oxygens (including phenoxy) is 9. The SMILES string of the molecule is CC[C@@H]1[C@@H]2CN(C(=O)[C@H](C(C)(C)C)NC(=O)O[C@@H]3CC4CC4[C@H]3CCCCC(F)(F)c3c(nc4cc(OC)ccc4c3C)O2)[C@@H]1[C-]=O.CC[C@@H]1[C@@H]2CN(C(=O)[C@H](C(C)(C)C)NC(=O)O[C@@H]3CCC[C@H]3CCCCC(F)(F)c3c(nc4cc(OC)ccc4c3C)O2)[C@@H]1[C-]=O.CC[C@@H]1[C@@H]2CN(C(=O)[C@H](C(C)(C)C)NC(=O)O[C@]3(C)CCC[C@H]3CCCCC(F)(F)c3c(nc4cc(OC)ccc4c3C)O2)[C@@H]1[C-]=O.[V].[V].[V]. The molecule has 6 amide bonds. The molecule has 3 N–H and O–H groups in total. The van der Waals surface area contributed by atoms with Crippen LogP contribution in [-0.2, 0) is 116 Å². The van der Waals surface area contributed by atoms with E-state index in [-0.39, 0.29) is 159 Å². The summed E-state index contributed by atoms with van der Waals surface area (Å²) >= 11 is 0. The molecule has 6 bridgehead atoms. The van der Waals surface area contributed by atoms with Crippen molar-refractivity contribution in [3.8, 4) is 34.9 Å². The van der Waals surface area contributed by atoms with E-state index in [0.29, 0.717) is 149 Å². The summed E-state index contributed by atoms with van der Waals surface area (Å²) in [4.78, 5) is 138. The number of fused-ring (bicyclic) bond motifs is 17. The van der Waals surface area contributed by atoms with Crippen LogP contribution in [0.5, 0.6) is 34.9 Å². The summed E-state index contributed by atoms with van der Waals surface area (Å²) in [6.07, 6.45) is 11.8. The maximum Gasteiger partial charge on any atom is 0.408 e. The van der Waals surface area contributed by atoms with Gasteiger partial charge in [-0.3, -0.25) is 14.4 Å². The third kappa shape index (κ3) is 24.5. The van der Waals surface area contributed by atoms with E-state index in [9.17, 15) is 43.2 Å². The van der Waals surface area contributed by atoms with E-state index in [1.54, 1.807) is 75.4 Å². The van der Waals surface area contributed by atoms with Crippen LogP contribution in [-0.4, -0.2) is 198 Å². The Bertz CT molecular complexity index is 5470. The molecule has 27 nitrogen and oxygen atoms in total. The van der Waals surface area contributed by atoms with Crippen LogP contribution in [0.15, 0.2) is 54.6 Å². The molecule has 10 aliphatic rings. The zero-order valence-electron chi connectivity index (χ0n) is 85.7. The van der Waals surface area contributed by atoms with E-state index in [1.165, 1.54) is 36.0 Å². The van der Waals surface area contributed by atoms with Gasteiger partial charge in [0.25, 0.3) is 17.8 Å². The molecule has 3 aromatic carbocycles. The van der Waals surface area contributed by atoms with Gasteiger partial charge in [0.05, 0.1) is 74.2 Å². The van der Waals surface area contributed by atoms with Crippen LogP contribution in [0.3, 0.4) is 0 Å². The second kappa shape index (κ2) is 46.3. The van der Waals surface area contributed by atoms with Crippen LogP contribution in [0.4, 0.5) is 40.7 Å². The van der Waals surface area contributed by atoms with Gasteiger partial charge in [0.15, 0.2) is 0 Å². The van der Waals surface area contributed by atoms with Crippen LogP contribution in [0.2, 0.25) is 0 Å². The first-order valence-electron chi connectivity index (χ1n) is 50.3. The molecule has 0 spiro atoms. The summed E-state index contributed by atoms with van der Waals surface area (Å²) in [7, 11) is 4.56. The normalized spacial score (nSPS) is 30.0. The minimum absolute atomic E-state index is 0. The van der Waals surface area contributed by atoms with E-state index in [2.05, 4.69) is 30.9 Å². The summed E-state index contributed by atoms with van der Waals surface area (Å²) in [6.45, 7) is 28.7. The third-order valence-electron chi connectivity index (χ3n) is 31.6. The number of hydrogen-bond acceptors (Lipinski definition) is 21. The zero-order chi connectivity index (χ0) is 102. The van der Waals surface area contributed by atoms with Crippen LogP contribution in [0.1, 0.15) is 271 Å². The Morgan fingerprint density at radius 3 is 1.09 bits per heavy atom. The topological polar surface area (TPSA) is 321 Å². The second-order valence-corrected chi connectivity index (χ2v) is 43.9. The van der Waals surface area contributed by atoms with Crippen LogP contribution in [0, 0.1) is 84.4 Å². The number of aromatic nitrogens is 3. The van der Waals surface area contributed by atoms with E-state index in [0.717, 1.165) is 38.5 Å². The smallest absolute Gasteiger partial charge is 0.408 e. The minimum Gasteiger partial charge on any atom is -0.540 e. The molecule has 143 heavy (non-hydrogen) atoms.